The van der Waals surface area contributed by atoms with Crippen molar-refractivity contribution < 1.29 is 23.2 Å². The van der Waals surface area contributed by atoms with Crippen LogP contribution in [0.5, 0.6) is 0 Å². The van der Waals surface area contributed by atoms with Gasteiger partial charge in [0.2, 0.25) is 0 Å². The van der Waals surface area contributed by atoms with E-state index >= 15 is 0 Å². The lowest BCUT2D eigenvalue weighted by molar-refractivity contribution is -0.387. The van der Waals surface area contributed by atoms with Crippen LogP contribution in [0.15, 0.2) is 6.20 Å². The van der Waals surface area contributed by atoms with Gasteiger partial charge in [-0.1, -0.05) is 0 Å². The summed E-state index contributed by atoms with van der Waals surface area (Å²) < 4.78 is 35.8. The molecule has 1 heterocycles. The van der Waals surface area contributed by atoms with E-state index in [2.05, 4.69) is 5.10 Å². The molecule has 78 valence electrons. The van der Waals surface area contributed by atoms with Crippen LogP contribution >= 0.6 is 0 Å². The topological polar surface area (TPSA) is 92.0 Å². The van der Waals surface area contributed by atoms with Gasteiger partial charge in [0, 0.05) is 0 Å². The lowest BCUT2D eigenvalue weighted by Gasteiger charge is -2.11. The summed E-state index contributed by atoms with van der Waals surface area (Å²) in [6, 6.07) is 0. The number of H-pyrrole nitrogens is 1. The average molecular weight is 211 g/mol. The predicted octanol–water partition coefficient (Wildman–Crippen LogP) is 0.914. The van der Waals surface area contributed by atoms with Crippen molar-refractivity contribution in [3.8, 4) is 0 Å². The number of aromatic amines is 1. The van der Waals surface area contributed by atoms with Crippen molar-refractivity contribution in [2.24, 2.45) is 0 Å². The van der Waals surface area contributed by atoms with Crippen LogP contribution in [0, 0.1) is 10.1 Å². The van der Waals surface area contributed by atoms with E-state index in [1.807, 2.05) is 0 Å². The molecule has 0 amide bonds. The lowest BCUT2D eigenvalue weighted by Crippen LogP contribution is -2.21. The lowest BCUT2D eigenvalue weighted by atomic mass is 10.2. The van der Waals surface area contributed by atoms with E-state index < -0.39 is 28.6 Å². The van der Waals surface area contributed by atoms with Crippen LogP contribution in [0.4, 0.5) is 18.9 Å². The molecular weight excluding hydrogens is 207 g/mol. The zero-order valence-electron chi connectivity index (χ0n) is 6.45. The number of halogens is 3. The van der Waals surface area contributed by atoms with E-state index in [-0.39, 0.29) is 0 Å². The summed E-state index contributed by atoms with van der Waals surface area (Å²) in [6.45, 7) is 0. The molecule has 1 aromatic rings. The molecule has 0 fully saturated rings. The van der Waals surface area contributed by atoms with Gasteiger partial charge < -0.3 is 5.11 Å². The van der Waals surface area contributed by atoms with Crippen molar-refractivity contribution in [3.63, 3.8) is 0 Å². The number of nitrogens with zero attached hydrogens (tertiary/aromatic N) is 2. The first-order valence-electron chi connectivity index (χ1n) is 3.26. The number of nitro groups is 1. The molecule has 0 radical (unpaired) electrons. The van der Waals surface area contributed by atoms with Gasteiger partial charge in [-0.15, -0.1) is 0 Å². The van der Waals surface area contributed by atoms with E-state index in [4.69, 9.17) is 5.11 Å². The van der Waals surface area contributed by atoms with Crippen LogP contribution in [-0.2, 0) is 0 Å². The second-order valence-corrected chi connectivity index (χ2v) is 2.37. The van der Waals surface area contributed by atoms with E-state index in [0.29, 0.717) is 6.20 Å². The minimum absolute atomic E-state index is 0.601. The number of hydrogen-bond donors (Lipinski definition) is 2. The molecule has 0 aliphatic rings. The molecule has 9 heteroatoms. The maximum absolute atomic E-state index is 11.9. The molecule has 0 aromatic carbocycles. The number of rotatable bonds is 2. The summed E-state index contributed by atoms with van der Waals surface area (Å²) in [6.07, 6.45) is -7.29. The SMILES string of the molecule is O=[N+]([O-])c1cn[nH]c1[C@@H](O)C(F)(F)F. The molecule has 6 nitrogen and oxygen atoms in total. The molecule has 0 bridgehead atoms. The first-order valence-corrected chi connectivity index (χ1v) is 3.26. The van der Waals surface area contributed by atoms with Crippen molar-refractivity contribution in [1.29, 1.82) is 0 Å². The van der Waals surface area contributed by atoms with Crippen molar-refractivity contribution >= 4 is 5.69 Å². The number of aliphatic hydroxyl groups is 1. The molecule has 14 heavy (non-hydrogen) atoms. The van der Waals surface area contributed by atoms with Crippen LogP contribution in [-0.4, -0.2) is 26.4 Å². The Hall–Kier alpha value is -1.64. The van der Waals surface area contributed by atoms with Crippen molar-refractivity contribution in [3.05, 3.63) is 22.0 Å². The van der Waals surface area contributed by atoms with Gasteiger partial charge in [0.05, 0.1) is 4.92 Å². The Morgan fingerprint density at radius 1 is 1.64 bits per heavy atom. The molecule has 0 saturated carbocycles. The first-order chi connectivity index (χ1) is 6.34. The summed E-state index contributed by atoms with van der Waals surface area (Å²) >= 11 is 0. The highest BCUT2D eigenvalue weighted by molar-refractivity contribution is 5.34. The Balaban J connectivity index is 3.07. The zero-order valence-corrected chi connectivity index (χ0v) is 6.45. The summed E-state index contributed by atoms with van der Waals surface area (Å²) in [5.74, 6) is 0. The highest BCUT2D eigenvalue weighted by Gasteiger charge is 2.44. The van der Waals surface area contributed by atoms with Gasteiger partial charge in [-0.2, -0.15) is 18.3 Å². The van der Waals surface area contributed by atoms with E-state index in [0.717, 1.165) is 0 Å². The molecule has 1 rings (SSSR count). The van der Waals surface area contributed by atoms with Gasteiger partial charge >= 0.3 is 11.9 Å². The van der Waals surface area contributed by atoms with Gasteiger partial charge in [0.1, 0.15) is 6.20 Å². The molecule has 0 spiro atoms. The highest BCUT2D eigenvalue weighted by atomic mass is 19.4. The number of nitrogens with one attached hydrogen (secondary N) is 1. The van der Waals surface area contributed by atoms with Crippen molar-refractivity contribution in [2.75, 3.05) is 0 Å². The summed E-state index contributed by atoms with van der Waals surface area (Å²) in [5, 5.41) is 23.6. The predicted molar refractivity (Wildman–Crippen MR) is 36.3 cm³/mol. The van der Waals surface area contributed by atoms with Crippen molar-refractivity contribution in [1.82, 2.24) is 10.2 Å². The zero-order chi connectivity index (χ0) is 10.9. The minimum Gasteiger partial charge on any atom is -0.378 e. The minimum atomic E-state index is -4.96. The fraction of sp³-hybridized carbons (Fsp3) is 0.400. The third-order valence-corrected chi connectivity index (χ3v) is 1.43. The van der Waals surface area contributed by atoms with Gasteiger partial charge in [0.25, 0.3) is 0 Å². The number of aromatic nitrogens is 2. The summed E-state index contributed by atoms with van der Waals surface area (Å²) in [5.41, 5.74) is -1.86. The third-order valence-electron chi connectivity index (χ3n) is 1.43. The monoisotopic (exact) mass is 211 g/mol. The van der Waals surface area contributed by atoms with Crippen LogP contribution < -0.4 is 0 Å². The van der Waals surface area contributed by atoms with Crippen molar-refractivity contribution in [2.45, 2.75) is 12.3 Å². The summed E-state index contributed by atoms with van der Waals surface area (Å²) in [4.78, 5) is 9.12. The van der Waals surface area contributed by atoms with Crippen LogP contribution in [0.1, 0.15) is 11.8 Å². The smallest absolute Gasteiger partial charge is 0.378 e. The quantitative estimate of drug-likeness (QED) is 0.561. The molecule has 1 aromatic heterocycles. The number of aliphatic hydroxyl groups excluding tert-OH is 1. The largest absolute Gasteiger partial charge is 0.420 e. The first kappa shape index (κ1) is 10.4. The van der Waals surface area contributed by atoms with E-state index in [9.17, 15) is 23.3 Å². The van der Waals surface area contributed by atoms with Gasteiger partial charge in [-0.3, -0.25) is 15.2 Å². The number of alkyl halides is 3. The average Bonchev–Trinajstić information content (AvgIpc) is 2.48. The van der Waals surface area contributed by atoms with Crippen LogP contribution in [0.2, 0.25) is 0 Å². The molecule has 0 saturated heterocycles. The third kappa shape index (κ3) is 1.82. The Morgan fingerprint density at radius 2 is 2.21 bits per heavy atom. The second-order valence-electron chi connectivity index (χ2n) is 2.37. The molecule has 1 atom stereocenters. The molecular formula is C5H4F3N3O3. The van der Waals surface area contributed by atoms with E-state index in [1.165, 1.54) is 0 Å². The Kier molecular flexibility index (Phi) is 2.43. The summed E-state index contributed by atoms with van der Waals surface area (Å²) in [7, 11) is 0. The van der Waals surface area contributed by atoms with E-state index in [1.54, 1.807) is 5.10 Å². The second kappa shape index (κ2) is 3.25. The van der Waals surface area contributed by atoms with Gasteiger partial charge in [-0.05, 0) is 0 Å². The molecule has 2 N–H and O–H groups in total. The molecule has 0 aliphatic carbocycles. The van der Waals surface area contributed by atoms with Crippen LogP contribution in [0.25, 0.3) is 0 Å². The normalized spacial score (nSPS) is 14.0. The standard InChI is InChI=1S/C5H4F3N3O3/c6-5(7,8)4(12)3-2(11(13)14)1-9-10-3/h1,4,12H,(H,9,10)/t4-/m1/s1. The molecule has 0 aliphatic heterocycles. The van der Waals surface area contributed by atoms with Crippen LogP contribution in [0.3, 0.4) is 0 Å². The maximum Gasteiger partial charge on any atom is 0.420 e. The van der Waals surface area contributed by atoms with Gasteiger partial charge in [-0.25, -0.2) is 0 Å². The highest BCUT2D eigenvalue weighted by Crippen LogP contribution is 2.35. The Bertz CT molecular complexity index is 347. The van der Waals surface area contributed by atoms with Gasteiger partial charge in [0.15, 0.2) is 11.8 Å². The fourth-order valence-electron chi connectivity index (χ4n) is 0.800. The number of hydrogen-bond acceptors (Lipinski definition) is 4. The maximum atomic E-state index is 11.9. The molecule has 0 unspecified atom stereocenters. The Labute approximate surface area is 74.5 Å². The Morgan fingerprint density at radius 3 is 2.64 bits per heavy atom. The fourth-order valence-corrected chi connectivity index (χ4v) is 0.800.